The average molecular weight is 276 g/mol. The number of imidazole rings is 1. The number of hydrogen-bond donors (Lipinski definition) is 3. The van der Waals surface area contributed by atoms with Gasteiger partial charge in [0.2, 0.25) is 0 Å². The maximum atomic E-state index is 11.0. The van der Waals surface area contributed by atoms with Crippen LogP contribution in [0.3, 0.4) is 0 Å². The number of hydrogen-bond acceptors (Lipinski definition) is 3. The lowest BCUT2D eigenvalue weighted by molar-refractivity contribution is 0.0697. The maximum absolute atomic E-state index is 11.0. The molecule has 2 aromatic rings. The van der Waals surface area contributed by atoms with Crippen LogP contribution in [0.2, 0.25) is 0 Å². The van der Waals surface area contributed by atoms with Gasteiger partial charge in [0.1, 0.15) is 5.82 Å². The third-order valence-electron chi connectivity index (χ3n) is 3.03. The Morgan fingerprint density at radius 2 is 2.20 bits per heavy atom. The van der Waals surface area contributed by atoms with E-state index in [-0.39, 0.29) is 5.56 Å². The minimum absolute atomic E-state index is 0.208. The number of nitrogens with one attached hydrogen (secondary N) is 1. The van der Waals surface area contributed by atoms with Gasteiger partial charge < -0.3 is 20.7 Å². The van der Waals surface area contributed by atoms with Crippen molar-refractivity contribution < 1.29 is 14.7 Å². The van der Waals surface area contributed by atoms with Crippen molar-refractivity contribution in [2.75, 3.05) is 6.54 Å². The molecule has 0 atom stereocenters. The van der Waals surface area contributed by atoms with Gasteiger partial charge >= 0.3 is 12.0 Å². The van der Waals surface area contributed by atoms with Crippen LogP contribution in [0.4, 0.5) is 4.79 Å². The zero-order valence-electron chi connectivity index (χ0n) is 11.1. The summed E-state index contributed by atoms with van der Waals surface area (Å²) in [5.74, 6) is -0.135. The van der Waals surface area contributed by atoms with E-state index in [1.165, 1.54) is 0 Å². The lowest BCUT2D eigenvalue weighted by Crippen LogP contribution is -2.32. The first-order chi connectivity index (χ1) is 9.52. The minimum Gasteiger partial charge on any atom is -0.478 e. The number of primary amides is 1. The standard InChI is InChI=1S/C13H16N4O3/c1-2-11-16-9-7-8(12(18)19)3-4-10(9)17(11)6-5-15-13(14)20/h3-4,7H,2,5-6H2,1H3,(H,18,19)(H3,14,15,20). The number of nitrogens with zero attached hydrogens (tertiary/aromatic N) is 2. The Morgan fingerprint density at radius 1 is 1.45 bits per heavy atom. The van der Waals surface area contributed by atoms with Crippen molar-refractivity contribution in [1.29, 1.82) is 0 Å². The summed E-state index contributed by atoms with van der Waals surface area (Å²) in [6.07, 6.45) is 0.716. The van der Waals surface area contributed by atoms with E-state index < -0.39 is 12.0 Å². The van der Waals surface area contributed by atoms with Gasteiger partial charge in [-0.1, -0.05) is 6.92 Å². The molecule has 0 aliphatic heterocycles. The molecular formula is C13H16N4O3. The van der Waals surface area contributed by atoms with Gasteiger partial charge in [-0.25, -0.2) is 14.6 Å². The highest BCUT2D eigenvalue weighted by Crippen LogP contribution is 2.18. The fourth-order valence-corrected chi connectivity index (χ4v) is 2.12. The van der Waals surface area contributed by atoms with Crippen molar-refractivity contribution >= 4 is 23.0 Å². The van der Waals surface area contributed by atoms with Gasteiger partial charge in [0.15, 0.2) is 0 Å². The van der Waals surface area contributed by atoms with Crippen molar-refractivity contribution in [3.63, 3.8) is 0 Å². The van der Waals surface area contributed by atoms with Crippen LogP contribution in [0.5, 0.6) is 0 Å². The van der Waals surface area contributed by atoms with E-state index in [1.54, 1.807) is 18.2 Å². The van der Waals surface area contributed by atoms with E-state index in [1.807, 2.05) is 11.5 Å². The molecule has 0 saturated heterocycles. The summed E-state index contributed by atoms with van der Waals surface area (Å²) < 4.78 is 1.96. The molecule has 0 fully saturated rings. The van der Waals surface area contributed by atoms with Crippen molar-refractivity contribution in [3.05, 3.63) is 29.6 Å². The second kappa shape index (κ2) is 5.60. The van der Waals surface area contributed by atoms with Crippen LogP contribution in [0.1, 0.15) is 23.1 Å². The second-order valence-corrected chi connectivity index (χ2v) is 4.33. The Morgan fingerprint density at radius 3 is 2.80 bits per heavy atom. The molecule has 4 N–H and O–H groups in total. The molecule has 20 heavy (non-hydrogen) atoms. The minimum atomic E-state index is -0.977. The van der Waals surface area contributed by atoms with Crippen LogP contribution < -0.4 is 11.1 Å². The third-order valence-corrected chi connectivity index (χ3v) is 3.03. The molecule has 0 aliphatic rings. The van der Waals surface area contributed by atoms with Crippen molar-refractivity contribution in [2.24, 2.45) is 5.73 Å². The Bertz CT molecular complexity index is 663. The first-order valence-corrected chi connectivity index (χ1v) is 6.28. The van der Waals surface area contributed by atoms with E-state index in [2.05, 4.69) is 10.3 Å². The normalized spacial score (nSPS) is 10.7. The molecular weight excluding hydrogens is 260 g/mol. The zero-order chi connectivity index (χ0) is 14.7. The first-order valence-electron chi connectivity index (χ1n) is 6.28. The molecule has 0 radical (unpaired) electrons. The summed E-state index contributed by atoms with van der Waals surface area (Å²) >= 11 is 0. The highest BCUT2D eigenvalue weighted by atomic mass is 16.4. The van der Waals surface area contributed by atoms with Crippen LogP contribution in [0, 0.1) is 0 Å². The number of amides is 2. The molecule has 0 saturated carbocycles. The lowest BCUT2D eigenvalue weighted by Gasteiger charge is -2.08. The summed E-state index contributed by atoms with van der Waals surface area (Å²) in [4.78, 5) is 26.1. The Hall–Kier alpha value is -2.57. The van der Waals surface area contributed by atoms with Crippen LogP contribution in [-0.4, -0.2) is 33.2 Å². The quantitative estimate of drug-likeness (QED) is 0.755. The predicted octanol–water partition coefficient (Wildman–Crippen LogP) is 0.965. The Balaban J connectivity index is 2.36. The number of nitrogens with two attached hydrogens (primary N) is 1. The zero-order valence-corrected chi connectivity index (χ0v) is 11.1. The topological polar surface area (TPSA) is 110 Å². The Labute approximate surface area is 115 Å². The van der Waals surface area contributed by atoms with Gasteiger partial charge in [-0.15, -0.1) is 0 Å². The van der Waals surface area contributed by atoms with Crippen LogP contribution in [0.15, 0.2) is 18.2 Å². The van der Waals surface area contributed by atoms with Crippen molar-refractivity contribution in [3.8, 4) is 0 Å². The molecule has 7 heteroatoms. The van der Waals surface area contributed by atoms with Gasteiger partial charge in [-0.3, -0.25) is 0 Å². The number of benzene rings is 1. The number of carboxylic acid groups (broad SMARTS) is 1. The van der Waals surface area contributed by atoms with E-state index in [0.717, 1.165) is 11.3 Å². The number of aromatic carboxylic acids is 1. The largest absolute Gasteiger partial charge is 0.478 e. The average Bonchev–Trinajstić information content (AvgIpc) is 2.75. The predicted molar refractivity (Wildman–Crippen MR) is 73.7 cm³/mol. The first kappa shape index (κ1) is 13.9. The summed E-state index contributed by atoms with van der Waals surface area (Å²) in [5, 5.41) is 11.5. The number of aryl methyl sites for hydroxylation is 1. The van der Waals surface area contributed by atoms with E-state index in [4.69, 9.17) is 10.8 Å². The van der Waals surface area contributed by atoms with Gasteiger partial charge in [0.05, 0.1) is 16.6 Å². The second-order valence-electron chi connectivity index (χ2n) is 4.33. The monoisotopic (exact) mass is 276 g/mol. The molecule has 0 bridgehead atoms. The molecule has 0 spiro atoms. The molecule has 106 valence electrons. The highest BCUT2D eigenvalue weighted by Gasteiger charge is 2.12. The number of carbonyl (C=O) groups excluding carboxylic acids is 1. The molecule has 0 aliphatic carbocycles. The molecule has 7 nitrogen and oxygen atoms in total. The summed E-state index contributed by atoms with van der Waals surface area (Å²) in [6, 6.07) is 4.26. The SMILES string of the molecule is CCc1nc2cc(C(=O)O)ccc2n1CCNC(N)=O. The van der Waals surface area contributed by atoms with Crippen LogP contribution >= 0.6 is 0 Å². The van der Waals surface area contributed by atoms with Gasteiger partial charge in [-0.2, -0.15) is 0 Å². The fourth-order valence-electron chi connectivity index (χ4n) is 2.12. The number of carbonyl (C=O) groups is 2. The smallest absolute Gasteiger partial charge is 0.335 e. The fraction of sp³-hybridized carbons (Fsp3) is 0.308. The van der Waals surface area contributed by atoms with Gasteiger partial charge in [0.25, 0.3) is 0 Å². The van der Waals surface area contributed by atoms with Crippen LogP contribution in [-0.2, 0) is 13.0 Å². The van der Waals surface area contributed by atoms with Crippen molar-refractivity contribution in [2.45, 2.75) is 19.9 Å². The van der Waals surface area contributed by atoms with Crippen molar-refractivity contribution in [1.82, 2.24) is 14.9 Å². The molecule has 2 rings (SSSR count). The molecule has 1 aromatic heterocycles. The number of carboxylic acids is 1. The van der Waals surface area contributed by atoms with E-state index in [0.29, 0.717) is 25.0 Å². The number of urea groups is 1. The van der Waals surface area contributed by atoms with Crippen LogP contribution in [0.25, 0.3) is 11.0 Å². The van der Waals surface area contributed by atoms with Gasteiger partial charge in [-0.05, 0) is 18.2 Å². The number of aromatic nitrogens is 2. The summed E-state index contributed by atoms with van der Waals surface area (Å²) in [5.41, 5.74) is 6.72. The maximum Gasteiger partial charge on any atom is 0.335 e. The number of fused-ring (bicyclic) bond motifs is 1. The third kappa shape index (κ3) is 2.71. The summed E-state index contributed by atoms with van der Waals surface area (Å²) in [6.45, 7) is 2.90. The lowest BCUT2D eigenvalue weighted by atomic mass is 10.2. The molecule has 1 aromatic carbocycles. The molecule has 0 unspecified atom stereocenters. The number of rotatable bonds is 5. The van der Waals surface area contributed by atoms with E-state index >= 15 is 0 Å². The van der Waals surface area contributed by atoms with E-state index in [9.17, 15) is 9.59 Å². The highest BCUT2D eigenvalue weighted by molar-refractivity contribution is 5.92. The van der Waals surface area contributed by atoms with Gasteiger partial charge in [0, 0.05) is 19.5 Å². The Kier molecular flexibility index (Phi) is 3.88. The molecule has 1 heterocycles. The molecule has 2 amide bonds. The summed E-state index contributed by atoms with van der Waals surface area (Å²) in [7, 11) is 0.